The van der Waals surface area contributed by atoms with E-state index in [4.69, 9.17) is 16.3 Å². The fraction of sp³-hybridized carbons (Fsp3) is 0.533. The van der Waals surface area contributed by atoms with E-state index in [2.05, 4.69) is 20.3 Å². The van der Waals surface area contributed by atoms with E-state index in [9.17, 15) is 8.42 Å². The molecular weight excluding hydrogens is 479 g/mol. The monoisotopic (exact) mass is 502 g/mol. The molecule has 1 aliphatic rings. The lowest BCUT2D eigenvalue weighted by Gasteiger charge is -2.15. The highest BCUT2D eigenvalue weighted by Crippen LogP contribution is 2.14. The van der Waals surface area contributed by atoms with Crippen molar-refractivity contribution in [3.05, 3.63) is 29.3 Å². The molecule has 1 heterocycles. The number of aliphatic imine (C=N–C) groups is 1. The van der Waals surface area contributed by atoms with Crippen LogP contribution in [0.3, 0.4) is 0 Å². The van der Waals surface area contributed by atoms with Crippen LogP contribution in [0.4, 0.5) is 0 Å². The predicted molar refractivity (Wildman–Crippen MR) is 110 cm³/mol. The normalized spacial score (nSPS) is 17.8. The minimum atomic E-state index is -3.57. The first kappa shape index (κ1) is 22.4. The van der Waals surface area contributed by atoms with Crippen LogP contribution in [0, 0.1) is 0 Å². The lowest BCUT2D eigenvalue weighted by molar-refractivity contribution is 0.114. The van der Waals surface area contributed by atoms with Gasteiger partial charge in [0.1, 0.15) is 0 Å². The maximum absolute atomic E-state index is 12.1. The second kappa shape index (κ2) is 11.2. The van der Waals surface area contributed by atoms with E-state index in [1.165, 1.54) is 12.1 Å². The van der Waals surface area contributed by atoms with Crippen LogP contribution in [0.15, 0.2) is 34.2 Å². The van der Waals surface area contributed by atoms with Crippen LogP contribution < -0.4 is 15.4 Å². The van der Waals surface area contributed by atoms with Crippen molar-refractivity contribution < 1.29 is 13.2 Å². The number of benzene rings is 1. The zero-order valence-electron chi connectivity index (χ0n) is 14.0. The Morgan fingerprint density at radius 2 is 2.16 bits per heavy atom. The summed E-state index contributed by atoms with van der Waals surface area (Å²) in [5.41, 5.74) is 0. The molecular formula is C15H24ClIN4O3S. The van der Waals surface area contributed by atoms with Crippen molar-refractivity contribution in [3.8, 4) is 0 Å². The Balaban J connectivity index is 0.00000312. The first-order valence-electron chi connectivity index (χ1n) is 7.82. The minimum Gasteiger partial charge on any atom is -0.376 e. The molecule has 1 aromatic rings. The summed E-state index contributed by atoms with van der Waals surface area (Å²) >= 11 is 5.82. The maximum Gasteiger partial charge on any atom is 0.240 e. The fourth-order valence-corrected chi connectivity index (χ4v) is 3.65. The molecule has 1 atom stereocenters. The zero-order valence-corrected chi connectivity index (χ0v) is 17.9. The summed E-state index contributed by atoms with van der Waals surface area (Å²) in [5.74, 6) is 0.618. The lowest BCUT2D eigenvalue weighted by Crippen LogP contribution is -2.43. The molecule has 1 unspecified atom stereocenters. The number of guanidine groups is 1. The molecule has 0 radical (unpaired) electrons. The molecule has 0 aromatic heterocycles. The van der Waals surface area contributed by atoms with Gasteiger partial charge in [-0.15, -0.1) is 24.0 Å². The summed E-state index contributed by atoms with van der Waals surface area (Å²) < 4.78 is 32.3. The van der Waals surface area contributed by atoms with Crippen molar-refractivity contribution in [2.24, 2.45) is 4.99 Å². The molecule has 142 valence electrons. The molecule has 0 aliphatic carbocycles. The number of hydrogen-bond donors (Lipinski definition) is 3. The molecule has 3 N–H and O–H groups in total. The van der Waals surface area contributed by atoms with Gasteiger partial charge in [-0.3, -0.25) is 4.99 Å². The average molecular weight is 503 g/mol. The average Bonchev–Trinajstić information content (AvgIpc) is 3.07. The van der Waals surface area contributed by atoms with Crippen LogP contribution >= 0.6 is 35.6 Å². The van der Waals surface area contributed by atoms with Gasteiger partial charge < -0.3 is 15.4 Å². The molecule has 2 rings (SSSR count). The molecule has 1 saturated heterocycles. The van der Waals surface area contributed by atoms with Gasteiger partial charge in [-0.25, -0.2) is 13.1 Å². The summed E-state index contributed by atoms with van der Waals surface area (Å²) in [6.45, 7) is 2.14. The number of nitrogens with zero attached hydrogens (tertiary/aromatic N) is 1. The van der Waals surface area contributed by atoms with Gasteiger partial charge in [0.05, 0.1) is 11.0 Å². The number of rotatable bonds is 7. The topological polar surface area (TPSA) is 91.8 Å². The van der Waals surface area contributed by atoms with Gasteiger partial charge in [-0.05, 0) is 31.0 Å². The zero-order chi connectivity index (χ0) is 17.4. The molecule has 0 bridgehead atoms. The standard InChI is InChI=1S/C15H23ClN4O3S.HI/c1-17-15(19-11-13-5-3-9-23-13)18-7-8-20-24(21,22)14-6-2-4-12(16)10-14;/h2,4,6,10,13,20H,3,5,7-9,11H2,1H3,(H2,17,18,19);1H. The molecule has 7 nitrogen and oxygen atoms in total. The summed E-state index contributed by atoms with van der Waals surface area (Å²) in [6.07, 6.45) is 2.34. The van der Waals surface area contributed by atoms with Crippen LogP contribution in [-0.4, -0.2) is 53.8 Å². The third-order valence-corrected chi connectivity index (χ3v) is 5.25. The highest BCUT2D eigenvalue weighted by atomic mass is 127. The van der Waals surface area contributed by atoms with Crippen LogP contribution in [0.5, 0.6) is 0 Å². The second-order valence-electron chi connectivity index (χ2n) is 5.37. The third kappa shape index (κ3) is 7.65. The van der Waals surface area contributed by atoms with Gasteiger partial charge >= 0.3 is 0 Å². The lowest BCUT2D eigenvalue weighted by atomic mass is 10.2. The number of sulfonamides is 1. The number of hydrogen-bond acceptors (Lipinski definition) is 4. The Bertz CT molecular complexity index is 666. The van der Waals surface area contributed by atoms with Gasteiger partial charge in [-0.2, -0.15) is 0 Å². The van der Waals surface area contributed by atoms with E-state index < -0.39 is 10.0 Å². The van der Waals surface area contributed by atoms with Crippen LogP contribution in [0.1, 0.15) is 12.8 Å². The van der Waals surface area contributed by atoms with Gasteiger partial charge in [0.15, 0.2) is 5.96 Å². The number of nitrogens with one attached hydrogen (secondary N) is 3. The minimum absolute atomic E-state index is 0. The van der Waals surface area contributed by atoms with Crippen molar-refractivity contribution in [1.82, 2.24) is 15.4 Å². The second-order valence-corrected chi connectivity index (χ2v) is 7.57. The summed E-state index contributed by atoms with van der Waals surface area (Å²) in [6, 6.07) is 6.15. The largest absolute Gasteiger partial charge is 0.376 e. The van der Waals surface area contributed by atoms with Crippen molar-refractivity contribution in [2.75, 3.05) is 33.3 Å². The predicted octanol–water partition coefficient (Wildman–Crippen LogP) is 1.58. The van der Waals surface area contributed by atoms with Gasteiger partial charge in [0.25, 0.3) is 0 Å². The van der Waals surface area contributed by atoms with Crippen molar-refractivity contribution in [2.45, 2.75) is 23.8 Å². The Morgan fingerprint density at radius 3 is 2.80 bits per heavy atom. The summed E-state index contributed by atoms with van der Waals surface area (Å²) in [4.78, 5) is 4.25. The Labute approximate surface area is 171 Å². The summed E-state index contributed by atoms with van der Waals surface area (Å²) in [5, 5.41) is 6.61. The molecule has 0 amide bonds. The van der Waals surface area contributed by atoms with Crippen molar-refractivity contribution in [3.63, 3.8) is 0 Å². The molecule has 0 saturated carbocycles. The molecule has 25 heavy (non-hydrogen) atoms. The SMILES string of the molecule is CN=C(NCCNS(=O)(=O)c1cccc(Cl)c1)NCC1CCCO1.I. The quantitative estimate of drug-likeness (QED) is 0.228. The highest BCUT2D eigenvalue weighted by Gasteiger charge is 2.16. The van der Waals surface area contributed by atoms with Crippen LogP contribution in [-0.2, 0) is 14.8 Å². The Morgan fingerprint density at radius 1 is 1.36 bits per heavy atom. The number of ether oxygens (including phenoxy) is 1. The Hall–Kier alpha value is -0.620. The van der Waals surface area contributed by atoms with Gasteiger partial charge in [0.2, 0.25) is 10.0 Å². The van der Waals surface area contributed by atoms with Crippen molar-refractivity contribution >= 4 is 51.6 Å². The van der Waals surface area contributed by atoms with E-state index in [0.29, 0.717) is 24.1 Å². The maximum atomic E-state index is 12.1. The van der Waals surface area contributed by atoms with E-state index in [1.807, 2.05) is 0 Å². The summed E-state index contributed by atoms with van der Waals surface area (Å²) in [7, 11) is -1.90. The van der Waals surface area contributed by atoms with E-state index in [0.717, 1.165) is 19.4 Å². The molecule has 1 aliphatic heterocycles. The molecule has 1 fully saturated rings. The van der Waals surface area contributed by atoms with Gasteiger partial charge in [-0.1, -0.05) is 17.7 Å². The molecule has 10 heteroatoms. The third-order valence-electron chi connectivity index (χ3n) is 3.56. The first-order valence-corrected chi connectivity index (χ1v) is 9.69. The van der Waals surface area contributed by atoms with E-state index in [1.54, 1.807) is 19.2 Å². The Kier molecular flexibility index (Phi) is 10.0. The highest BCUT2D eigenvalue weighted by molar-refractivity contribution is 14.0. The van der Waals surface area contributed by atoms with Crippen LogP contribution in [0.25, 0.3) is 0 Å². The number of halogens is 2. The molecule has 0 spiro atoms. The van der Waals surface area contributed by atoms with E-state index >= 15 is 0 Å². The fourth-order valence-electron chi connectivity index (χ4n) is 2.32. The van der Waals surface area contributed by atoms with Crippen molar-refractivity contribution in [1.29, 1.82) is 0 Å². The first-order chi connectivity index (χ1) is 11.5. The van der Waals surface area contributed by atoms with Crippen LogP contribution in [0.2, 0.25) is 5.02 Å². The van der Waals surface area contributed by atoms with E-state index in [-0.39, 0.29) is 41.5 Å². The van der Waals surface area contributed by atoms with Gasteiger partial charge in [0, 0.05) is 38.3 Å². The smallest absolute Gasteiger partial charge is 0.240 e. The molecule has 1 aromatic carbocycles.